The zero-order valence-corrected chi connectivity index (χ0v) is 9.71. The third-order valence-corrected chi connectivity index (χ3v) is 3.07. The van der Waals surface area contributed by atoms with Crippen LogP contribution < -0.4 is 10.1 Å². The van der Waals surface area contributed by atoms with Crippen LogP contribution in [-0.4, -0.2) is 13.2 Å². The van der Waals surface area contributed by atoms with Crippen molar-refractivity contribution in [3.63, 3.8) is 0 Å². The summed E-state index contributed by atoms with van der Waals surface area (Å²) >= 11 is 0. The molecular weight excluding hydrogens is 186 g/mol. The van der Waals surface area contributed by atoms with E-state index in [2.05, 4.69) is 43.4 Å². The molecule has 1 saturated heterocycles. The molecule has 0 bridgehead atoms. The molecule has 1 fully saturated rings. The average molecular weight is 205 g/mol. The molecule has 0 saturated carbocycles. The molecule has 1 aliphatic heterocycles. The Labute approximate surface area is 91.6 Å². The summed E-state index contributed by atoms with van der Waals surface area (Å²) in [7, 11) is 0. The number of nitrogens with one attached hydrogen (secondary N) is 1. The van der Waals surface area contributed by atoms with Crippen molar-refractivity contribution in [2.75, 3.05) is 13.2 Å². The molecule has 1 heterocycles. The van der Waals surface area contributed by atoms with Crippen molar-refractivity contribution in [3.05, 3.63) is 29.8 Å². The van der Waals surface area contributed by atoms with Crippen molar-refractivity contribution < 1.29 is 4.74 Å². The first kappa shape index (κ1) is 10.5. The van der Waals surface area contributed by atoms with Crippen LogP contribution in [0.2, 0.25) is 0 Å². The molecular formula is C13H19NO. The lowest BCUT2D eigenvalue weighted by atomic mass is 9.74. The fourth-order valence-corrected chi connectivity index (χ4v) is 2.10. The van der Waals surface area contributed by atoms with Gasteiger partial charge in [-0.25, -0.2) is 0 Å². The van der Waals surface area contributed by atoms with Gasteiger partial charge in [-0.15, -0.1) is 0 Å². The van der Waals surface area contributed by atoms with Crippen LogP contribution in [0.15, 0.2) is 24.3 Å². The van der Waals surface area contributed by atoms with E-state index in [1.54, 1.807) is 0 Å². The Kier molecular flexibility index (Phi) is 2.70. The van der Waals surface area contributed by atoms with Gasteiger partial charge in [0.2, 0.25) is 0 Å². The molecule has 1 aromatic rings. The Hall–Kier alpha value is -1.02. The van der Waals surface area contributed by atoms with Gasteiger partial charge < -0.3 is 10.1 Å². The van der Waals surface area contributed by atoms with Gasteiger partial charge in [-0.3, -0.25) is 0 Å². The summed E-state index contributed by atoms with van der Waals surface area (Å²) in [5.41, 5.74) is 1.74. The summed E-state index contributed by atoms with van der Waals surface area (Å²) in [5.74, 6) is 0.957. The molecule has 0 radical (unpaired) electrons. The van der Waals surface area contributed by atoms with Crippen LogP contribution in [0, 0.1) is 5.41 Å². The van der Waals surface area contributed by atoms with Crippen molar-refractivity contribution in [3.8, 4) is 5.75 Å². The summed E-state index contributed by atoms with van der Waals surface area (Å²) in [6.45, 7) is 8.43. The quantitative estimate of drug-likeness (QED) is 0.819. The lowest BCUT2D eigenvalue weighted by Crippen LogP contribution is -2.52. The Morgan fingerprint density at radius 3 is 2.40 bits per heavy atom. The van der Waals surface area contributed by atoms with Gasteiger partial charge in [0.15, 0.2) is 0 Å². The van der Waals surface area contributed by atoms with E-state index in [0.717, 1.165) is 18.9 Å². The molecule has 0 amide bonds. The SMILES string of the molecule is CCOc1ccc(C2NCC2(C)C)cc1. The van der Waals surface area contributed by atoms with E-state index in [0.29, 0.717) is 11.5 Å². The molecule has 15 heavy (non-hydrogen) atoms. The van der Waals surface area contributed by atoms with Crippen LogP contribution in [0.25, 0.3) is 0 Å². The van der Waals surface area contributed by atoms with Gasteiger partial charge >= 0.3 is 0 Å². The van der Waals surface area contributed by atoms with Crippen molar-refractivity contribution in [2.24, 2.45) is 5.41 Å². The van der Waals surface area contributed by atoms with Gasteiger partial charge in [-0.05, 0) is 30.0 Å². The fraction of sp³-hybridized carbons (Fsp3) is 0.538. The van der Waals surface area contributed by atoms with E-state index in [-0.39, 0.29) is 0 Å². The van der Waals surface area contributed by atoms with E-state index in [1.807, 2.05) is 6.92 Å². The molecule has 2 heteroatoms. The first-order chi connectivity index (χ1) is 7.13. The lowest BCUT2D eigenvalue weighted by Gasteiger charge is -2.46. The van der Waals surface area contributed by atoms with E-state index in [4.69, 9.17) is 4.74 Å². The second-order valence-corrected chi connectivity index (χ2v) is 4.80. The molecule has 0 aliphatic carbocycles. The normalized spacial score (nSPS) is 23.3. The predicted octanol–water partition coefficient (Wildman–Crippen LogP) is 2.76. The Morgan fingerprint density at radius 1 is 1.33 bits per heavy atom. The number of rotatable bonds is 3. The van der Waals surface area contributed by atoms with E-state index >= 15 is 0 Å². The molecule has 1 N–H and O–H groups in total. The maximum Gasteiger partial charge on any atom is 0.119 e. The minimum atomic E-state index is 0.382. The maximum atomic E-state index is 5.42. The van der Waals surface area contributed by atoms with Crippen LogP contribution in [0.3, 0.4) is 0 Å². The van der Waals surface area contributed by atoms with Gasteiger partial charge in [0.25, 0.3) is 0 Å². The molecule has 1 aromatic carbocycles. The Morgan fingerprint density at radius 2 is 2.00 bits per heavy atom. The second-order valence-electron chi connectivity index (χ2n) is 4.80. The van der Waals surface area contributed by atoms with Crippen molar-refractivity contribution in [2.45, 2.75) is 26.8 Å². The van der Waals surface area contributed by atoms with Gasteiger partial charge in [0, 0.05) is 12.6 Å². The second kappa shape index (κ2) is 3.86. The molecule has 1 aliphatic rings. The summed E-state index contributed by atoms with van der Waals surface area (Å²) in [5, 5.41) is 3.46. The maximum absolute atomic E-state index is 5.42. The van der Waals surface area contributed by atoms with Crippen LogP contribution >= 0.6 is 0 Å². The fourth-order valence-electron chi connectivity index (χ4n) is 2.10. The van der Waals surface area contributed by atoms with Crippen molar-refractivity contribution in [1.29, 1.82) is 0 Å². The third kappa shape index (κ3) is 2.00. The molecule has 0 aromatic heterocycles. The predicted molar refractivity (Wildman–Crippen MR) is 62.1 cm³/mol. The summed E-state index contributed by atoms with van der Waals surface area (Å²) in [4.78, 5) is 0. The topological polar surface area (TPSA) is 21.3 Å². The van der Waals surface area contributed by atoms with Crippen LogP contribution in [0.5, 0.6) is 5.75 Å². The van der Waals surface area contributed by atoms with Gasteiger partial charge in [-0.1, -0.05) is 26.0 Å². The first-order valence-corrected chi connectivity index (χ1v) is 5.59. The van der Waals surface area contributed by atoms with Gasteiger partial charge in [0.1, 0.15) is 5.75 Å². The van der Waals surface area contributed by atoms with E-state index < -0.39 is 0 Å². The number of ether oxygens (including phenoxy) is 1. The van der Waals surface area contributed by atoms with Crippen molar-refractivity contribution in [1.82, 2.24) is 5.32 Å². The Bertz CT molecular complexity index is 329. The first-order valence-electron chi connectivity index (χ1n) is 5.59. The highest BCUT2D eigenvalue weighted by Gasteiger charge is 2.38. The molecule has 1 atom stereocenters. The zero-order chi connectivity index (χ0) is 10.9. The standard InChI is InChI=1S/C13H19NO/c1-4-15-11-7-5-10(6-8-11)12-13(2,3)9-14-12/h5-8,12,14H,4,9H2,1-3H3. The average Bonchev–Trinajstić information content (AvgIpc) is 2.20. The highest BCUT2D eigenvalue weighted by Crippen LogP contribution is 2.40. The third-order valence-electron chi connectivity index (χ3n) is 3.07. The molecule has 82 valence electrons. The highest BCUT2D eigenvalue weighted by molar-refractivity contribution is 5.31. The minimum absolute atomic E-state index is 0.382. The van der Waals surface area contributed by atoms with Gasteiger partial charge in [-0.2, -0.15) is 0 Å². The van der Waals surface area contributed by atoms with Crippen LogP contribution in [0.1, 0.15) is 32.4 Å². The van der Waals surface area contributed by atoms with E-state index in [1.165, 1.54) is 5.56 Å². The molecule has 2 nitrogen and oxygen atoms in total. The summed E-state index contributed by atoms with van der Waals surface area (Å²) in [6.07, 6.45) is 0. The number of hydrogen-bond donors (Lipinski definition) is 1. The molecule has 1 unspecified atom stereocenters. The summed E-state index contributed by atoms with van der Waals surface area (Å²) in [6, 6.07) is 8.91. The van der Waals surface area contributed by atoms with Crippen LogP contribution in [0.4, 0.5) is 0 Å². The zero-order valence-electron chi connectivity index (χ0n) is 9.71. The monoisotopic (exact) mass is 205 g/mol. The van der Waals surface area contributed by atoms with Crippen molar-refractivity contribution >= 4 is 0 Å². The number of benzene rings is 1. The molecule has 0 spiro atoms. The van der Waals surface area contributed by atoms with Gasteiger partial charge in [0.05, 0.1) is 6.61 Å². The smallest absolute Gasteiger partial charge is 0.119 e. The Balaban J connectivity index is 2.10. The van der Waals surface area contributed by atoms with Crippen LogP contribution in [-0.2, 0) is 0 Å². The minimum Gasteiger partial charge on any atom is -0.494 e. The summed E-state index contributed by atoms with van der Waals surface area (Å²) < 4.78 is 5.42. The number of hydrogen-bond acceptors (Lipinski definition) is 2. The van der Waals surface area contributed by atoms with E-state index in [9.17, 15) is 0 Å². The largest absolute Gasteiger partial charge is 0.494 e. The highest BCUT2D eigenvalue weighted by atomic mass is 16.5. The lowest BCUT2D eigenvalue weighted by molar-refractivity contribution is 0.128. The molecule has 2 rings (SSSR count).